The van der Waals surface area contributed by atoms with Gasteiger partial charge in [0.05, 0.1) is 6.61 Å². The number of alkyl halides is 3. The van der Waals surface area contributed by atoms with Crippen molar-refractivity contribution in [2.45, 2.75) is 18.4 Å². The van der Waals surface area contributed by atoms with E-state index in [4.69, 9.17) is 10.4 Å². The van der Waals surface area contributed by atoms with Crippen LogP contribution in [-0.4, -0.2) is 10.1 Å². The van der Waals surface area contributed by atoms with E-state index < -0.39 is 18.7 Å². The molecule has 0 atom stereocenters. The molecule has 0 radical (unpaired) electrons. The maximum Gasteiger partial charge on any atom is 0.280 e. The summed E-state index contributed by atoms with van der Waals surface area (Å²) in [4.78, 5) is 3.53. The van der Waals surface area contributed by atoms with Crippen LogP contribution in [0.3, 0.4) is 0 Å². The molecule has 0 aliphatic rings. The number of aliphatic hydroxyl groups is 1. The van der Waals surface area contributed by atoms with Crippen molar-refractivity contribution in [2.24, 2.45) is 0 Å². The zero-order valence-corrected chi connectivity index (χ0v) is 9.13. The van der Waals surface area contributed by atoms with Crippen molar-refractivity contribution in [1.29, 1.82) is 5.26 Å². The lowest BCUT2D eigenvalue weighted by Crippen LogP contribution is -2.03. The molecule has 0 fully saturated rings. The standard InChI is InChI=1S/C9H7BrF2N2O/c10-2-5-1-6(4-15)8(9(11)12)14-7(5)3-13/h1,9,15H,2,4H2. The Morgan fingerprint density at radius 3 is 2.60 bits per heavy atom. The number of halogens is 3. The van der Waals surface area contributed by atoms with Gasteiger partial charge in [-0.25, -0.2) is 13.8 Å². The van der Waals surface area contributed by atoms with Gasteiger partial charge in [0.1, 0.15) is 17.5 Å². The number of nitriles is 1. The van der Waals surface area contributed by atoms with Crippen molar-refractivity contribution < 1.29 is 13.9 Å². The van der Waals surface area contributed by atoms with Crippen molar-refractivity contribution in [3.63, 3.8) is 0 Å². The van der Waals surface area contributed by atoms with Crippen LogP contribution in [0.5, 0.6) is 0 Å². The average Bonchev–Trinajstić information content (AvgIpc) is 2.26. The summed E-state index contributed by atoms with van der Waals surface area (Å²) in [6, 6.07) is 3.10. The quantitative estimate of drug-likeness (QED) is 0.862. The zero-order chi connectivity index (χ0) is 11.4. The van der Waals surface area contributed by atoms with Gasteiger partial charge in [-0.05, 0) is 11.6 Å². The summed E-state index contributed by atoms with van der Waals surface area (Å²) in [6.07, 6.45) is -2.79. The molecule has 0 aliphatic carbocycles. The molecule has 3 nitrogen and oxygen atoms in total. The lowest BCUT2D eigenvalue weighted by atomic mass is 10.1. The van der Waals surface area contributed by atoms with Crippen LogP contribution in [0.1, 0.15) is 28.9 Å². The highest BCUT2D eigenvalue weighted by Gasteiger charge is 2.17. The van der Waals surface area contributed by atoms with Crippen LogP contribution in [-0.2, 0) is 11.9 Å². The first kappa shape index (κ1) is 12.0. The summed E-state index contributed by atoms with van der Waals surface area (Å²) in [7, 11) is 0. The topological polar surface area (TPSA) is 56.9 Å². The third-order valence-corrected chi connectivity index (χ3v) is 2.44. The van der Waals surface area contributed by atoms with E-state index in [9.17, 15) is 8.78 Å². The molecule has 1 aromatic rings. The van der Waals surface area contributed by atoms with E-state index in [1.54, 1.807) is 6.07 Å². The van der Waals surface area contributed by atoms with E-state index >= 15 is 0 Å². The summed E-state index contributed by atoms with van der Waals surface area (Å²) in [5.41, 5.74) is -0.0254. The first-order chi connectivity index (χ1) is 7.13. The van der Waals surface area contributed by atoms with Gasteiger partial charge < -0.3 is 5.11 Å². The van der Waals surface area contributed by atoms with E-state index in [0.29, 0.717) is 10.9 Å². The van der Waals surface area contributed by atoms with Gasteiger partial charge in [-0.1, -0.05) is 15.9 Å². The third-order valence-electron chi connectivity index (χ3n) is 1.84. The van der Waals surface area contributed by atoms with Gasteiger partial charge in [0.15, 0.2) is 0 Å². The predicted octanol–water partition coefficient (Wildman–Crippen LogP) is 2.28. The summed E-state index contributed by atoms with van der Waals surface area (Å²) in [5, 5.41) is 17.9. The normalized spacial score (nSPS) is 10.4. The Kier molecular flexibility index (Phi) is 4.12. The van der Waals surface area contributed by atoms with Gasteiger partial charge in [0.2, 0.25) is 0 Å². The van der Waals surface area contributed by atoms with Gasteiger partial charge in [-0.2, -0.15) is 5.26 Å². The van der Waals surface area contributed by atoms with E-state index in [2.05, 4.69) is 20.9 Å². The van der Waals surface area contributed by atoms with Crippen LogP contribution < -0.4 is 0 Å². The molecule has 1 N–H and O–H groups in total. The second-order valence-electron chi connectivity index (χ2n) is 2.74. The van der Waals surface area contributed by atoms with Crippen molar-refractivity contribution >= 4 is 15.9 Å². The van der Waals surface area contributed by atoms with Gasteiger partial charge in [0.25, 0.3) is 6.43 Å². The van der Waals surface area contributed by atoms with Crippen LogP contribution in [0.15, 0.2) is 6.07 Å². The van der Waals surface area contributed by atoms with E-state index in [0.717, 1.165) is 0 Å². The molecule has 1 rings (SSSR count). The third kappa shape index (κ3) is 2.49. The van der Waals surface area contributed by atoms with E-state index in [-0.39, 0.29) is 11.3 Å². The summed E-state index contributed by atoms with van der Waals surface area (Å²) < 4.78 is 24.9. The highest BCUT2D eigenvalue weighted by molar-refractivity contribution is 9.08. The molecule has 1 aromatic heterocycles. The van der Waals surface area contributed by atoms with Crippen molar-refractivity contribution in [1.82, 2.24) is 4.98 Å². The van der Waals surface area contributed by atoms with Crippen LogP contribution in [0.25, 0.3) is 0 Å². The molecule has 0 unspecified atom stereocenters. The monoisotopic (exact) mass is 276 g/mol. The molecule has 15 heavy (non-hydrogen) atoms. The molecular formula is C9H7BrF2N2O. The second kappa shape index (κ2) is 5.14. The summed E-state index contributed by atoms with van der Waals surface area (Å²) >= 11 is 3.11. The van der Waals surface area contributed by atoms with Gasteiger partial charge in [-0.3, -0.25) is 0 Å². The van der Waals surface area contributed by atoms with E-state index in [1.807, 2.05) is 0 Å². The number of aliphatic hydroxyl groups excluding tert-OH is 1. The maximum absolute atomic E-state index is 12.5. The zero-order valence-electron chi connectivity index (χ0n) is 7.54. The fraction of sp³-hybridized carbons (Fsp3) is 0.333. The molecule has 0 amide bonds. The van der Waals surface area contributed by atoms with Crippen LogP contribution in [0, 0.1) is 11.3 Å². The number of aromatic nitrogens is 1. The van der Waals surface area contributed by atoms with Gasteiger partial charge in [0, 0.05) is 10.9 Å². The number of hydrogen-bond acceptors (Lipinski definition) is 3. The molecule has 1 heterocycles. The molecular weight excluding hydrogens is 270 g/mol. The SMILES string of the molecule is N#Cc1nc(C(F)F)c(CO)cc1CBr. The Bertz CT molecular complexity index is 404. The Morgan fingerprint density at radius 2 is 2.20 bits per heavy atom. The molecule has 0 aliphatic heterocycles. The smallest absolute Gasteiger partial charge is 0.280 e. The van der Waals surface area contributed by atoms with Crippen LogP contribution in [0.2, 0.25) is 0 Å². The molecule has 0 bridgehead atoms. The summed E-state index contributed by atoms with van der Waals surface area (Å²) in [5.74, 6) is 0. The average molecular weight is 277 g/mol. The molecule has 0 aromatic carbocycles. The van der Waals surface area contributed by atoms with Crippen molar-refractivity contribution in [3.8, 4) is 6.07 Å². The Labute approximate surface area is 93.5 Å². The molecule has 0 saturated heterocycles. The largest absolute Gasteiger partial charge is 0.392 e. The fourth-order valence-corrected chi connectivity index (χ4v) is 1.56. The Morgan fingerprint density at radius 1 is 1.53 bits per heavy atom. The molecule has 6 heteroatoms. The number of rotatable bonds is 3. The lowest BCUT2D eigenvalue weighted by molar-refractivity contribution is 0.141. The van der Waals surface area contributed by atoms with Crippen molar-refractivity contribution in [3.05, 3.63) is 28.6 Å². The number of nitrogens with zero attached hydrogens (tertiary/aromatic N) is 2. The molecule has 80 valence electrons. The predicted molar refractivity (Wildman–Crippen MR) is 52.5 cm³/mol. The maximum atomic E-state index is 12.5. The van der Waals surface area contributed by atoms with Crippen LogP contribution >= 0.6 is 15.9 Å². The van der Waals surface area contributed by atoms with Gasteiger partial charge in [-0.15, -0.1) is 0 Å². The van der Waals surface area contributed by atoms with Crippen LogP contribution in [0.4, 0.5) is 8.78 Å². The molecule has 0 saturated carbocycles. The first-order valence-corrected chi connectivity index (χ1v) is 5.14. The van der Waals surface area contributed by atoms with E-state index in [1.165, 1.54) is 6.07 Å². The highest BCUT2D eigenvalue weighted by Crippen LogP contribution is 2.24. The highest BCUT2D eigenvalue weighted by atomic mass is 79.9. The van der Waals surface area contributed by atoms with Crippen molar-refractivity contribution in [2.75, 3.05) is 0 Å². The molecule has 0 spiro atoms. The first-order valence-electron chi connectivity index (χ1n) is 4.01. The minimum absolute atomic E-state index is 0.0422. The second-order valence-corrected chi connectivity index (χ2v) is 3.31. The Hall–Kier alpha value is -1.06. The van der Waals surface area contributed by atoms with Gasteiger partial charge >= 0.3 is 0 Å². The minimum Gasteiger partial charge on any atom is -0.392 e. The fourth-order valence-electron chi connectivity index (χ4n) is 1.13. The minimum atomic E-state index is -2.79. The Balaban J connectivity index is 3.36. The lowest BCUT2D eigenvalue weighted by Gasteiger charge is -2.08. The number of hydrogen-bond donors (Lipinski definition) is 1. The number of pyridine rings is 1. The summed E-state index contributed by atoms with van der Waals surface area (Å²) in [6.45, 7) is -0.515.